The molecule has 0 fully saturated rings. The molecule has 0 amide bonds. The average Bonchev–Trinajstić information content (AvgIpc) is 3.11. The lowest BCUT2D eigenvalue weighted by Crippen LogP contribution is -2.26. The molecule has 3 aromatic rings. The van der Waals surface area contributed by atoms with Crippen LogP contribution in [-0.4, -0.2) is 31.3 Å². The van der Waals surface area contributed by atoms with Crippen LogP contribution in [0.15, 0.2) is 72.8 Å². The van der Waals surface area contributed by atoms with Gasteiger partial charge in [0, 0.05) is 6.61 Å². The Hall–Kier alpha value is -3.64. The summed E-state index contributed by atoms with van der Waals surface area (Å²) in [6.45, 7) is 7.45. The van der Waals surface area contributed by atoms with Gasteiger partial charge in [-0.15, -0.1) is 0 Å². The van der Waals surface area contributed by atoms with Crippen molar-refractivity contribution in [3.63, 3.8) is 0 Å². The highest BCUT2D eigenvalue weighted by Crippen LogP contribution is 2.24. The maximum absolute atomic E-state index is 12.8. The zero-order valence-corrected chi connectivity index (χ0v) is 29.7. The molecule has 0 saturated carbocycles. The minimum absolute atomic E-state index is 0.365. The molecule has 0 aliphatic carbocycles. The summed E-state index contributed by atoms with van der Waals surface area (Å²) in [5, 5.41) is 0. The van der Waals surface area contributed by atoms with Crippen LogP contribution >= 0.6 is 0 Å². The van der Waals surface area contributed by atoms with E-state index in [0.717, 1.165) is 42.7 Å². The van der Waals surface area contributed by atoms with E-state index in [1.54, 1.807) is 43.3 Å². The van der Waals surface area contributed by atoms with Crippen LogP contribution in [0.3, 0.4) is 0 Å². The molecule has 6 nitrogen and oxygen atoms in total. The second-order valence-electron chi connectivity index (χ2n) is 12.7. The largest absolute Gasteiger partial charge is 0.494 e. The molecular formula is C42H58O6. The lowest BCUT2D eigenvalue weighted by Gasteiger charge is -2.13. The quantitative estimate of drug-likeness (QED) is 0.0512. The summed E-state index contributed by atoms with van der Waals surface area (Å²) >= 11 is 0. The van der Waals surface area contributed by atoms with Crippen LogP contribution in [-0.2, 0) is 9.53 Å². The molecule has 0 heterocycles. The van der Waals surface area contributed by atoms with Gasteiger partial charge in [-0.1, -0.05) is 128 Å². The number of esters is 2. The Labute approximate surface area is 289 Å². The van der Waals surface area contributed by atoms with Crippen molar-refractivity contribution in [3.05, 3.63) is 78.4 Å². The summed E-state index contributed by atoms with van der Waals surface area (Å²) < 4.78 is 22.6. The summed E-state index contributed by atoms with van der Waals surface area (Å²) in [6.07, 6.45) is 19.4. The molecule has 0 aliphatic rings. The molecular weight excluding hydrogens is 600 g/mol. The van der Waals surface area contributed by atoms with Crippen molar-refractivity contribution in [1.82, 2.24) is 0 Å². The third kappa shape index (κ3) is 15.5. The molecule has 262 valence electrons. The van der Waals surface area contributed by atoms with Gasteiger partial charge < -0.3 is 18.9 Å². The molecule has 1 unspecified atom stereocenters. The van der Waals surface area contributed by atoms with Gasteiger partial charge in [0.25, 0.3) is 0 Å². The molecule has 3 rings (SSSR count). The van der Waals surface area contributed by atoms with Gasteiger partial charge in [-0.3, -0.25) is 0 Å². The molecule has 0 saturated heterocycles. The van der Waals surface area contributed by atoms with E-state index in [-0.39, 0.29) is 0 Å². The maximum Gasteiger partial charge on any atom is 0.343 e. The van der Waals surface area contributed by atoms with E-state index in [0.29, 0.717) is 23.7 Å². The smallest absolute Gasteiger partial charge is 0.343 e. The number of hydrogen-bond acceptors (Lipinski definition) is 6. The Balaban J connectivity index is 1.33. The van der Waals surface area contributed by atoms with Crippen molar-refractivity contribution in [3.8, 4) is 28.4 Å². The summed E-state index contributed by atoms with van der Waals surface area (Å²) in [7, 11) is 0. The minimum Gasteiger partial charge on any atom is -0.494 e. The Morgan fingerprint density at radius 1 is 0.500 bits per heavy atom. The van der Waals surface area contributed by atoms with Crippen molar-refractivity contribution >= 4 is 11.9 Å². The van der Waals surface area contributed by atoms with Gasteiger partial charge in [0.2, 0.25) is 0 Å². The molecule has 0 aromatic heterocycles. The highest BCUT2D eigenvalue weighted by molar-refractivity contribution is 5.91. The van der Waals surface area contributed by atoms with Crippen LogP contribution in [0.4, 0.5) is 0 Å². The number of carbonyl (C=O) groups excluding carboxylic acids is 2. The fourth-order valence-electron chi connectivity index (χ4n) is 5.47. The van der Waals surface area contributed by atoms with Gasteiger partial charge in [-0.2, -0.15) is 0 Å². The van der Waals surface area contributed by atoms with Gasteiger partial charge in [0.1, 0.15) is 17.2 Å². The highest BCUT2D eigenvalue weighted by Gasteiger charge is 2.16. The molecule has 0 N–H and O–H groups in total. The zero-order chi connectivity index (χ0) is 34.2. The van der Waals surface area contributed by atoms with Crippen LogP contribution < -0.4 is 14.2 Å². The van der Waals surface area contributed by atoms with Crippen molar-refractivity contribution in [2.24, 2.45) is 0 Å². The second kappa shape index (κ2) is 23.6. The van der Waals surface area contributed by atoms with Crippen LogP contribution in [0, 0.1) is 0 Å². The van der Waals surface area contributed by atoms with E-state index in [1.807, 2.05) is 36.4 Å². The Bertz CT molecular complexity index is 1280. The van der Waals surface area contributed by atoms with E-state index in [1.165, 1.54) is 83.5 Å². The Morgan fingerprint density at radius 3 is 1.44 bits per heavy atom. The molecule has 3 aromatic carbocycles. The Morgan fingerprint density at radius 2 is 0.917 bits per heavy atom. The third-order valence-corrected chi connectivity index (χ3v) is 8.53. The van der Waals surface area contributed by atoms with E-state index in [9.17, 15) is 9.59 Å². The van der Waals surface area contributed by atoms with E-state index >= 15 is 0 Å². The van der Waals surface area contributed by atoms with Crippen LogP contribution in [0.2, 0.25) is 0 Å². The summed E-state index contributed by atoms with van der Waals surface area (Å²) in [5.41, 5.74) is 2.50. The predicted molar refractivity (Wildman–Crippen MR) is 195 cm³/mol. The molecule has 6 heteroatoms. The topological polar surface area (TPSA) is 71.1 Å². The molecule has 1 atom stereocenters. The van der Waals surface area contributed by atoms with Gasteiger partial charge in [0.05, 0.1) is 12.2 Å². The van der Waals surface area contributed by atoms with Gasteiger partial charge in [0.15, 0.2) is 6.10 Å². The summed E-state index contributed by atoms with van der Waals surface area (Å²) in [5.74, 6) is 0.706. The lowest BCUT2D eigenvalue weighted by atomic mass is 10.0. The first-order chi connectivity index (χ1) is 23.5. The van der Waals surface area contributed by atoms with Crippen molar-refractivity contribution in [2.45, 2.75) is 130 Å². The molecule has 0 radical (unpaired) electrons. The Kier molecular flexibility index (Phi) is 19.1. The number of ether oxygens (including phenoxy) is 4. The number of carbonyl (C=O) groups is 2. The van der Waals surface area contributed by atoms with Gasteiger partial charge >= 0.3 is 11.9 Å². The third-order valence-electron chi connectivity index (χ3n) is 8.53. The van der Waals surface area contributed by atoms with Crippen molar-refractivity contribution in [2.75, 3.05) is 13.2 Å². The van der Waals surface area contributed by atoms with Crippen LogP contribution in [0.25, 0.3) is 11.1 Å². The molecule has 0 spiro atoms. The SMILES string of the molecule is CCCCCCCCCCCCOc1ccc(-c2ccc(C(=O)Oc3ccc(OC(=O)C(C)OCCCCCCCC)cc3)cc2)cc1. The maximum atomic E-state index is 12.8. The standard InChI is InChI=1S/C42H58O6/c1-4-6-8-10-12-13-14-15-17-19-33-46-38-26-24-36(25-27-38)35-20-22-37(23-21-35)42(44)48-40-30-28-39(29-31-40)47-41(43)34(3)45-32-18-16-11-9-7-5-2/h20-31,34H,4-19,32-33H2,1-3H3. The van der Waals surface area contributed by atoms with Crippen molar-refractivity contribution in [1.29, 1.82) is 0 Å². The minimum atomic E-state index is -0.647. The summed E-state index contributed by atoms with van der Waals surface area (Å²) in [6, 6.07) is 21.8. The second-order valence-corrected chi connectivity index (χ2v) is 12.7. The number of unbranched alkanes of at least 4 members (excludes halogenated alkanes) is 14. The van der Waals surface area contributed by atoms with Crippen LogP contribution in [0.5, 0.6) is 17.2 Å². The first kappa shape index (κ1) is 38.8. The predicted octanol–water partition coefficient (Wildman–Crippen LogP) is 11.5. The molecule has 0 bridgehead atoms. The number of rotatable bonds is 25. The van der Waals surface area contributed by atoms with Crippen LogP contribution in [0.1, 0.15) is 134 Å². The normalized spacial score (nSPS) is 11.6. The summed E-state index contributed by atoms with van der Waals surface area (Å²) in [4.78, 5) is 25.2. The van der Waals surface area contributed by atoms with Gasteiger partial charge in [-0.25, -0.2) is 9.59 Å². The van der Waals surface area contributed by atoms with Gasteiger partial charge in [-0.05, 0) is 79.4 Å². The van der Waals surface area contributed by atoms with Crippen molar-refractivity contribution < 1.29 is 28.5 Å². The first-order valence-corrected chi connectivity index (χ1v) is 18.5. The highest BCUT2D eigenvalue weighted by atomic mass is 16.6. The fraction of sp³-hybridized carbons (Fsp3) is 0.524. The molecule has 0 aliphatic heterocycles. The first-order valence-electron chi connectivity index (χ1n) is 18.5. The number of hydrogen-bond donors (Lipinski definition) is 0. The zero-order valence-electron chi connectivity index (χ0n) is 29.7. The van der Waals surface area contributed by atoms with E-state index in [4.69, 9.17) is 18.9 Å². The van der Waals surface area contributed by atoms with E-state index in [2.05, 4.69) is 13.8 Å². The lowest BCUT2D eigenvalue weighted by molar-refractivity contribution is -0.146. The monoisotopic (exact) mass is 658 g/mol. The van der Waals surface area contributed by atoms with E-state index < -0.39 is 18.0 Å². The average molecular weight is 659 g/mol. The number of benzene rings is 3. The molecule has 48 heavy (non-hydrogen) atoms. The fourth-order valence-corrected chi connectivity index (χ4v) is 5.47.